The summed E-state index contributed by atoms with van der Waals surface area (Å²) in [4.78, 5) is 36.8. The summed E-state index contributed by atoms with van der Waals surface area (Å²) >= 11 is 0. The maximum absolute atomic E-state index is 12.5. The lowest BCUT2D eigenvalue weighted by Crippen LogP contribution is -2.33. The van der Waals surface area contributed by atoms with Gasteiger partial charge < -0.3 is 29.5 Å². The standard InChI is InChI=1S/C19H26N2O7/c1-26-14-9-13(10-15(27-2)18(14)28-3)21-11-12(8-16(21)22)19(25)20-7-5-4-6-17(23)24/h9-10,12H,4-8,11H2,1-3H3,(H,20,25)(H,23,24). The third-order valence-corrected chi connectivity index (χ3v) is 4.57. The summed E-state index contributed by atoms with van der Waals surface area (Å²) in [6.07, 6.45) is 1.26. The first-order valence-electron chi connectivity index (χ1n) is 9.01. The van der Waals surface area contributed by atoms with E-state index in [4.69, 9.17) is 19.3 Å². The number of anilines is 1. The van der Waals surface area contributed by atoms with Crippen LogP contribution in [-0.4, -0.2) is 57.3 Å². The molecule has 0 spiro atoms. The maximum Gasteiger partial charge on any atom is 0.303 e. The van der Waals surface area contributed by atoms with Gasteiger partial charge in [0, 0.05) is 38.1 Å². The van der Waals surface area contributed by atoms with Gasteiger partial charge in [-0.15, -0.1) is 0 Å². The van der Waals surface area contributed by atoms with Gasteiger partial charge >= 0.3 is 5.97 Å². The minimum absolute atomic E-state index is 0.0761. The van der Waals surface area contributed by atoms with E-state index >= 15 is 0 Å². The first kappa shape index (κ1) is 21.3. The Labute approximate surface area is 163 Å². The van der Waals surface area contributed by atoms with Crippen LogP contribution in [-0.2, 0) is 14.4 Å². The quantitative estimate of drug-likeness (QED) is 0.577. The minimum atomic E-state index is -0.853. The van der Waals surface area contributed by atoms with E-state index in [1.165, 1.54) is 26.2 Å². The summed E-state index contributed by atoms with van der Waals surface area (Å²) in [5, 5.41) is 11.4. The zero-order chi connectivity index (χ0) is 20.7. The van der Waals surface area contributed by atoms with Gasteiger partial charge in [-0.1, -0.05) is 0 Å². The van der Waals surface area contributed by atoms with Crippen LogP contribution in [0.1, 0.15) is 25.7 Å². The average molecular weight is 394 g/mol. The molecular formula is C19H26N2O7. The molecule has 2 rings (SSSR count). The smallest absolute Gasteiger partial charge is 0.303 e. The van der Waals surface area contributed by atoms with E-state index in [1.807, 2.05) is 0 Å². The van der Waals surface area contributed by atoms with E-state index in [9.17, 15) is 14.4 Å². The molecule has 1 aromatic rings. The third kappa shape index (κ3) is 5.05. The number of aliphatic carboxylic acids is 1. The summed E-state index contributed by atoms with van der Waals surface area (Å²) in [6.45, 7) is 0.638. The van der Waals surface area contributed by atoms with Gasteiger partial charge in [-0.05, 0) is 12.8 Å². The molecule has 0 aliphatic carbocycles. The summed E-state index contributed by atoms with van der Waals surface area (Å²) in [7, 11) is 4.48. The van der Waals surface area contributed by atoms with Gasteiger partial charge in [0.05, 0.1) is 32.9 Å². The molecule has 0 aromatic heterocycles. The highest BCUT2D eigenvalue weighted by molar-refractivity contribution is 6.00. The van der Waals surface area contributed by atoms with Crippen LogP contribution in [0, 0.1) is 5.92 Å². The first-order chi connectivity index (χ1) is 13.4. The molecule has 1 heterocycles. The highest BCUT2D eigenvalue weighted by Crippen LogP contribution is 2.42. The number of carboxylic acid groups (broad SMARTS) is 1. The van der Waals surface area contributed by atoms with Crippen molar-refractivity contribution in [3.63, 3.8) is 0 Å². The lowest BCUT2D eigenvalue weighted by Gasteiger charge is -2.20. The molecule has 1 saturated heterocycles. The molecular weight excluding hydrogens is 368 g/mol. The van der Waals surface area contributed by atoms with Crippen molar-refractivity contribution < 1.29 is 33.7 Å². The van der Waals surface area contributed by atoms with Crippen molar-refractivity contribution in [1.82, 2.24) is 5.32 Å². The van der Waals surface area contributed by atoms with Gasteiger partial charge in [-0.3, -0.25) is 14.4 Å². The highest BCUT2D eigenvalue weighted by atomic mass is 16.5. The Morgan fingerprint density at radius 2 is 1.79 bits per heavy atom. The maximum atomic E-state index is 12.5. The van der Waals surface area contributed by atoms with Gasteiger partial charge in [-0.25, -0.2) is 0 Å². The monoisotopic (exact) mass is 394 g/mol. The van der Waals surface area contributed by atoms with Crippen molar-refractivity contribution in [1.29, 1.82) is 0 Å². The van der Waals surface area contributed by atoms with Crippen molar-refractivity contribution in [3.05, 3.63) is 12.1 Å². The number of nitrogens with one attached hydrogen (secondary N) is 1. The number of carbonyl (C=O) groups excluding carboxylic acids is 2. The minimum Gasteiger partial charge on any atom is -0.493 e. The van der Waals surface area contributed by atoms with Crippen molar-refractivity contribution >= 4 is 23.5 Å². The predicted molar refractivity (Wildman–Crippen MR) is 101 cm³/mol. The topological polar surface area (TPSA) is 114 Å². The Morgan fingerprint density at radius 1 is 1.14 bits per heavy atom. The summed E-state index contributed by atoms with van der Waals surface area (Å²) < 4.78 is 15.9. The zero-order valence-corrected chi connectivity index (χ0v) is 16.3. The lowest BCUT2D eigenvalue weighted by molar-refractivity contribution is -0.137. The fraction of sp³-hybridized carbons (Fsp3) is 0.526. The number of nitrogens with zero attached hydrogens (tertiary/aromatic N) is 1. The molecule has 1 atom stereocenters. The van der Waals surface area contributed by atoms with E-state index in [2.05, 4.69) is 5.32 Å². The van der Waals surface area contributed by atoms with Gasteiger partial charge in [-0.2, -0.15) is 0 Å². The summed E-state index contributed by atoms with van der Waals surface area (Å²) in [6, 6.07) is 3.34. The molecule has 28 heavy (non-hydrogen) atoms. The molecule has 1 aliphatic heterocycles. The first-order valence-corrected chi connectivity index (χ1v) is 9.01. The molecule has 1 unspecified atom stereocenters. The van der Waals surface area contributed by atoms with Crippen molar-refractivity contribution in [2.75, 3.05) is 39.3 Å². The van der Waals surface area contributed by atoms with Gasteiger partial charge in [0.2, 0.25) is 17.6 Å². The van der Waals surface area contributed by atoms with Crippen molar-refractivity contribution in [2.45, 2.75) is 25.7 Å². The molecule has 0 bridgehead atoms. The fourth-order valence-electron chi connectivity index (χ4n) is 3.11. The van der Waals surface area contributed by atoms with Gasteiger partial charge in [0.25, 0.3) is 0 Å². The Morgan fingerprint density at radius 3 is 2.32 bits per heavy atom. The summed E-state index contributed by atoms with van der Waals surface area (Å²) in [5.74, 6) is -0.415. The molecule has 154 valence electrons. The molecule has 9 nitrogen and oxygen atoms in total. The number of amides is 2. The number of methoxy groups -OCH3 is 3. The Hall–Kier alpha value is -2.97. The molecule has 1 fully saturated rings. The van der Waals surface area contributed by atoms with E-state index in [-0.39, 0.29) is 31.2 Å². The number of ether oxygens (including phenoxy) is 3. The Kier molecular flexibility index (Phi) is 7.48. The van der Waals surface area contributed by atoms with E-state index < -0.39 is 11.9 Å². The number of rotatable bonds is 10. The summed E-state index contributed by atoms with van der Waals surface area (Å²) in [5.41, 5.74) is 0.566. The molecule has 0 saturated carbocycles. The number of unbranched alkanes of at least 4 members (excludes halogenated alkanes) is 1. The Balaban J connectivity index is 2.02. The predicted octanol–water partition coefficient (Wildman–Crippen LogP) is 1.44. The molecule has 2 amide bonds. The van der Waals surface area contributed by atoms with Crippen LogP contribution in [0.2, 0.25) is 0 Å². The van der Waals surface area contributed by atoms with E-state index in [0.717, 1.165) is 0 Å². The van der Waals surface area contributed by atoms with Gasteiger partial charge in [0.1, 0.15) is 0 Å². The Bertz CT molecular complexity index is 710. The third-order valence-electron chi connectivity index (χ3n) is 4.57. The molecule has 1 aromatic carbocycles. The second kappa shape index (κ2) is 9.82. The molecule has 0 radical (unpaired) electrons. The number of benzene rings is 1. The molecule has 9 heteroatoms. The van der Waals surface area contributed by atoms with E-state index in [0.29, 0.717) is 42.3 Å². The molecule has 1 aliphatic rings. The number of hydrogen-bond donors (Lipinski definition) is 2. The zero-order valence-electron chi connectivity index (χ0n) is 16.3. The number of carboxylic acids is 1. The second-order valence-corrected chi connectivity index (χ2v) is 6.43. The largest absolute Gasteiger partial charge is 0.493 e. The van der Waals surface area contributed by atoms with Crippen LogP contribution in [0.4, 0.5) is 5.69 Å². The van der Waals surface area contributed by atoms with Crippen LogP contribution < -0.4 is 24.4 Å². The number of carbonyl (C=O) groups is 3. The van der Waals surface area contributed by atoms with Crippen LogP contribution in [0.15, 0.2) is 12.1 Å². The SMILES string of the molecule is COc1cc(N2CC(C(=O)NCCCCC(=O)O)CC2=O)cc(OC)c1OC. The highest BCUT2D eigenvalue weighted by Gasteiger charge is 2.35. The normalized spacial score (nSPS) is 16.0. The lowest BCUT2D eigenvalue weighted by atomic mass is 10.1. The van der Waals surface area contributed by atoms with E-state index in [1.54, 1.807) is 12.1 Å². The van der Waals surface area contributed by atoms with Crippen LogP contribution >= 0.6 is 0 Å². The van der Waals surface area contributed by atoms with Crippen molar-refractivity contribution in [3.8, 4) is 17.2 Å². The number of hydrogen-bond acceptors (Lipinski definition) is 6. The van der Waals surface area contributed by atoms with Crippen molar-refractivity contribution in [2.24, 2.45) is 5.92 Å². The van der Waals surface area contributed by atoms with Crippen LogP contribution in [0.5, 0.6) is 17.2 Å². The molecule has 2 N–H and O–H groups in total. The average Bonchev–Trinajstić information content (AvgIpc) is 3.07. The van der Waals surface area contributed by atoms with Gasteiger partial charge in [0.15, 0.2) is 11.5 Å². The van der Waals surface area contributed by atoms with Crippen LogP contribution in [0.3, 0.4) is 0 Å². The van der Waals surface area contributed by atoms with Crippen LogP contribution in [0.25, 0.3) is 0 Å². The fourth-order valence-corrected chi connectivity index (χ4v) is 3.11. The second-order valence-electron chi connectivity index (χ2n) is 6.43.